The van der Waals surface area contributed by atoms with E-state index >= 15 is 0 Å². The summed E-state index contributed by atoms with van der Waals surface area (Å²) in [6.07, 6.45) is 3.87. The molecule has 26 heavy (non-hydrogen) atoms. The Kier molecular flexibility index (Phi) is 6.64. The van der Waals surface area contributed by atoms with Gasteiger partial charge in [-0.2, -0.15) is 0 Å². The number of amides is 1. The molecule has 0 bridgehead atoms. The minimum Gasteiger partial charge on any atom is -0.340 e. The van der Waals surface area contributed by atoms with Gasteiger partial charge in [-0.25, -0.2) is 0 Å². The van der Waals surface area contributed by atoms with Gasteiger partial charge < -0.3 is 10.6 Å². The Labute approximate surface area is 157 Å². The van der Waals surface area contributed by atoms with Crippen LogP contribution >= 0.6 is 0 Å². The topological polar surface area (TPSA) is 49.6 Å². The number of rotatable bonds is 8. The van der Waals surface area contributed by atoms with Crippen molar-refractivity contribution in [3.63, 3.8) is 0 Å². The number of fused-ring (bicyclic) bond motifs is 1. The van der Waals surface area contributed by atoms with Gasteiger partial charge in [0.05, 0.1) is 6.04 Å². The fourth-order valence-electron chi connectivity index (χ4n) is 3.93. The predicted octanol–water partition coefficient (Wildman–Crippen LogP) is 3.04. The molecule has 1 heterocycles. The molecule has 0 unspecified atom stereocenters. The second kappa shape index (κ2) is 9.15. The Bertz CT molecular complexity index is 730. The van der Waals surface area contributed by atoms with Crippen LogP contribution in [0.3, 0.4) is 0 Å². The number of nitrogens with two attached hydrogens (primary N) is 1. The van der Waals surface area contributed by atoms with E-state index in [0.717, 1.165) is 51.9 Å². The van der Waals surface area contributed by atoms with Crippen molar-refractivity contribution < 1.29 is 4.79 Å². The fraction of sp³-hybridized carbons (Fsp3) is 0.500. The van der Waals surface area contributed by atoms with Crippen molar-refractivity contribution in [1.29, 1.82) is 0 Å². The number of unbranched alkanes of at least 4 members (excludes halogenated alkanes) is 1. The fourth-order valence-corrected chi connectivity index (χ4v) is 3.93. The van der Waals surface area contributed by atoms with E-state index < -0.39 is 0 Å². The zero-order valence-corrected chi connectivity index (χ0v) is 15.9. The molecule has 3 rings (SSSR count). The second-order valence-electron chi connectivity index (χ2n) is 7.19. The number of likely N-dealkylation sites (N-methyl/N-ethyl adjacent to an activating group) is 1. The molecule has 4 nitrogen and oxygen atoms in total. The molecule has 0 saturated carbocycles. The van der Waals surface area contributed by atoms with E-state index in [1.54, 1.807) is 0 Å². The molecule has 140 valence electrons. The van der Waals surface area contributed by atoms with Crippen LogP contribution in [0.1, 0.15) is 31.7 Å². The number of hydrogen-bond acceptors (Lipinski definition) is 3. The molecular weight excluding hydrogens is 322 g/mol. The van der Waals surface area contributed by atoms with Gasteiger partial charge in [-0.15, -0.1) is 0 Å². The van der Waals surface area contributed by atoms with Gasteiger partial charge in [0, 0.05) is 19.6 Å². The highest BCUT2D eigenvalue weighted by molar-refractivity contribution is 5.83. The molecule has 0 aliphatic carbocycles. The Morgan fingerprint density at radius 3 is 2.65 bits per heavy atom. The zero-order valence-electron chi connectivity index (χ0n) is 15.9. The molecule has 1 amide bonds. The average Bonchev–Trinajstić information content (AvgIpc) is 2.68. The highest BCUT2D eigenvalue weighted by atomic mass is 16.2. The van der Waals surface area contributed by atoms with Crippen LogP contribution in [0.2, 0.25) is 0 Å². The third kappa shape index (κ3) is 4.43. The lowest BCUT2D eigenvalue weighted by Crippen LogP contribution is -2.57. The molecule has 1 aliphatic rings. The first kappa shape index (κ1) is 18.9. The first-order chi connectivity index (χ1) is 12.7. The first-order valence-corrected chi connectivity index (χ1v) is 9.93. The van der Waals surface area contributed by atoms with E-state index in [1.165, 1.54) is 16.3 Å². The standard InChI is InChI=1S/C22H31N3O/c1-2-24-15-16-25(22(26)21(24)9-5-6-13-23)14-12-18-10-11-19-7-3-4-8-20(19)17-18/h3-4,7-8,10-11,17,21H,2,5-6,9,12-16,23H2,1H3/t21-/m0/s1. The third-order valence-electron chi connectivity index (χ3n) is 5.52. The largest absolute Gasteiger partial charge is 0.340 e. The lowest BCUT2D eigenvalue weighted by Gasteiger charge is -2.40. The van der Waals surface area contributed by atoms with Crippen LogP contribution in [-0.2, 0) is 11.2 Å². The maximum absolute atomic E-state index is 13.0. The minimum absolute atomic E-state index is 0.0388. The third-order valence-corrected chi connectivity index (χ3v) is 5.52. The Hall–Kier alpha value is -1.91. The summed E-state index contributed by atoms with van der Waals surface area (Å²) in [5.41, 5.74) is 6.92. The van der Waals surface area contributed by atoms with Gasteiger partial charge in [-0.3, -0.25) is 9.69 Å². The molecule has 1 fully saturated rings. The average molecular weight is 354 g/mol. The summed E-state index contributed by atoms with van der Waals surface area (Å²) in [7, 11) is 0. The van der Waals surface area contributed by atoms with Crippen molar-refractivity contribution in [2.45, 2.75) is 38.6 Å². The normalized spacial score (nSPS) is 18.6. The predicted molar refractivity (Wildman–Crippen MR) is 108 cm³/mol. The summed E-state index contributed by atoms with van der Waals surface area (Å²) in [6.45, 7) is 6.42. The van der Waals surface area contributed by atoms with E-state index in [1.807, 2.05) is 0 Å². The Morgan fingerprint density at radius 2 is 1.88 bits per heavy atom. The van der Waals surface area contributed by atoms with Crippen LogP contribution in [0, 0.1) is 0 Å². The highest BCUT2D eigenvalue weighted by Crippen LogP contribution is 2.19. The number of carbonyl (C=O) groups excluding carboxylic acids is 1. The minimum atomic E-state index is 0.0388. The van der Waals surface area contributed by atoms with Gasteiger partial charge >= 0.3 is 0 Å². The molecule has 4 heteroatoms. The second-order valence-corrected chi connectivity index (χ2v) is 7.19. The smallest absolute Gasteiger partial charge is 0.239 e. The summed E-state index contributed by atoms with van der Waals surface area (Å²) >= 11 is 0. The lowest BCUT2D eigenvalue weighted by atomic mass is 10.0. The molecule has 0 aromatic heterocycles. The van der Waals surface area contributed by atoms with Crippen molar-refractivity contribution in [3.8, 4) is 0 Å². The van der Waals surface area contributed by atoms with Crippen molar-refractivity contribution >= 4 is 16.7 Å². The van der Waals surface area contributed by atoms with Crippen LogP contribution in [0.5, 0.6) is 0 Å². The summed E-state index contributed by atoms with van der Waals surface area (Å²) in [6, 6.07) is 15.1. The van der Waals surface area contributed by atoms with Gasteiger partial charge in [0.15, 0.2) is 0 Å². The van der Waals surface area contributed by atoms with Gasteiger partial charge in [0.25, 0.3) is 0 Å². The SMILES string of the molecule is CCN1CCN(CCc2ccc3ccccc3c2)C(=O)[C@@H]1CCCCN. The van der Waals surface area contributed by atoms with E-state index in [4.69, 9.17) is 5.73 Å². The molecule has 1 atom stereocenters. The number of benzene rings is 2. The number of hydrogen-bond donors (Lipinski definition) is 1. The number of piperazine rings is 1. The van der Waals surface area contributed by atoms with E-state index in [-0.39, 0.29) is 6.04 Å². The van der Waals surface area contributed by atoms with Crippen LogP contribution in [0.4, 0.5) is 0 Å². The van der Waals surface area contributed by atoms with Gasteiger partial charge in [0.1, 0.15) is 0 Å². The van der Waals surface area contributed by atoms with Crippen LogP contribution < -0.4 is 5.73 Å². The van der Waals surface area contributed by atoms with E-state index in [2.05, 4.69) is 59.2 Å². The monoisotopic (exact) mass is 353 g/mol. The van der Waals surface area contributed by atoms with Crippen molar-refractivity contribution in [2.75, 3.05) is 32.7 Å². The van der Waals surface area contributed by atoms with E-state index in [0.29, 0.717) is 12.5 Å². The summed E-state index contributed by atoms with van der Waals surface area (Å²) in [4.78, 5) is 17.4. The maximum Gasteiger partial charge on any atom is 0.239 e. The highest BCUT2D eigenvalue weighted by Gasteiger charge is 2.32. The number of nitrogens with zero attached hydrogens (tertiary/aromatic N) is 2. The van der Waals surface area contributed by atoms with Crippen molar-refractivity contribution in [1.82, 2.24) is 9.80 Å². The Morgan fingerprint density at radius 1 is 1.08 bits per heavy atom. The van der Waals surface area contributed by atoms with Gasteiger partial charge in [0.2, 0.25) is 5.91 Å². The summed E-state index contributed by atoms with van der Waals surface area (Å²) < 4.78 is 0. The molecule has 0 spiro atoms. The van der Waals surface area contributed by atoms with Crippen LogP contribution in [-0.4, -0.2) is 54.5 Å². The molecule has 2 aromatic carbocycles. The Balaban J connectivity index is 1.61. The first-order valence-electron chi connectivity index (χ1n) is 9.93. The van der Waals surface area contributed by atoms with Gasteiger partial charge in [-0.1, -0.05) is 55.8 Å². The number of carbonyl (C=O) groups is 1. The van der Waals surface area contributed by atoms with Crippen LogP contribution in [0.15, 0.2) is 42.5 Å². The molecule has 2 N–H and O–H groups in total. The quantitative estimate of drug-likeness (QED) is 0.742. The zero-order chi connectivity index (χ0) is 18.4. The molecule has 0 radical (unpaired) electrons. The van der Waals surface area contributed by atoms with Crippen molar-refractivity contribution in [2.24, 2.45) is 5.73 Å². The van der Waals surface area contributed by atoms with E-state index in [9.17, 15) is 4.79 Å². The lowest BCUT2D eigenvalue weighted by molar-refractivity contribution is -0.142. The van der Waals surface area contributed by atoms with Crippen molar-refractivity contribution in [3.05, 3.63) is 48.0 Å². The molecular formula is C22H31N3O. The van der Waals surface area contributed by atoms with Gasteiger partial charge in [-0.05, 0) is 48.7 Å². The molecule has 2 aromatic rings. The molecule has 1 aliphatic heterocycles. The summed E-state index contributed by atoms with van der Waals surface area (Å²) in [5.74, 6) is 0.302. The maximum atomic E-state index is 13.0. The van der Waals surface area contributed by atoms with Crippen LogP contribution in [0.25, 0.3) is 10.8 Å². The summed E-state index contributed by atoms with van der Waals surface area (Å²) in [5, 5.41) is 2.54. The molecule has 1 saturated heterocycles.